The van der Waals surface area contributed by atoms with E-state index in [-0.39, 0.29) is 18.2 Å². The van der Waals surface area contributed by atoms with Crippen LogP contribution in [0.2, 0.25) is 0 Å². The summed E-state index contributed by atoms with van der Waals surface area (Å²) < 4.78 is 11.5. The molecule has 0 radical (unpaired) electrons. The molecule has 2 unspecified atom stereocenters. The first kappa shape index (κ1) is 16.1. The third-order valence-corrected chi connectivity index (χ3v) is 3.50. The molecular weight excluding hydrogens is 266 g/mol. The Balaban J connectivity index is 1.85. The summed E-state index contributed by atoms with van der Waals surface area (Å²) in [5, 5.41) is 13.2. The van der Waals surface area contributed by atoms with Crippen LogP contribution in [0.3, 0.4) is 0 Å². The summed E-state index contributed by atoms with van der Waals surface area (Å²) in [5.41, 5.74) is 1.23. The van der Waals surface area contributed by atoms with E-state index in [4.69, 9.17) is 9.47 Å². The zero-order valence-corrected chi connectivity index (χ0v) is 13.5. The van der Waals surface area contributed by atoms with Crippen LogP contribution in [-0.2, 0) is 6.42 Å². The lowest BCUT2D eigenvalue weighted by Gasteiger charge is -2.24. The molecule has 21 heavy (non-hydrogen) atoms. The first-order valence-corrected chi connectivity index (χ1v) is 7.69. The smallest absolute Gasteiger partial charge is 0.126 e. The van der Waals surface area contributed by atoms with Crippen molar-refractivity contribution >= 4 is 0 Å². The Kier molecular flexibility index (Phi) is 5.12. The molecule has 2 rings (SSSR count). The van der Waals surface area contributed by atoms with Gasteiger partial charge in [-0.05, 0) is 52.2 Å². The molecule has 0 bridgehead atoms. The quantitative estimate of drug-likeness (QED) is 0.876. The average molecular weight is 293 g/mol. The number of benzene rings is 1. The molecule has 0 aliphatic carbocycles. The Morgan fingerprint density at radius 2 is 2.19 bits per heavy atom. The molecule has 1 aliphatic heterocycles. The van der Waals surface area contributed by atoms with Gasteiger partial charge in [0.05, 0.1) is 6.10 Å². The fourth-order valence-corrected chi connectivity index (χ4v) is 2.25. The van der Waals surface area contributed by atoms with Crippen molar-refractivity contribution in [2.75, 3.05) is 13.2 Å². The van der Waals surface area contributed by atoms with Crippen LogP contribution >= 0.6 is 0 Å². The molecule has 1 aliphatic rings. The molecule has 4 nitrogen and oxygen atoms in total. The van der Waals surface area contributed by atoms with Gasteiger partial charge in [0.25, 0.3) is 0 Å². The molecule has 1 aromatic carbocycles. The minimum Gasteiger partial charge on any atom is -0.491 e. The van der Waals surface area contributed by atoms with Gasteiger partial charge in [-0.2, -0.15) is 0 Å². The maximum absolute atomic E-state index is 9.94. The zero-order chi connectivity index (χ0) is 15.5. The van der Waals surface area contributed by atoms with Crippen LogP contribution in [0.5, 0.6) is 11.5 Å². The Morgan fingerprint density at radius 3 is 2.90 bits per heavy atom. The van der Waals surface area contributed by atoms with Crippen molar-refractivity contribution in [1.82, 2.24) is 5.32 Å². The van der Waals surface area contributed by atoms with E-state index in [0.717, 1.165) is 24.3 Å². The van der Waals surface area contributed by atoms with E-state index < -0.39 is 6.10 Å². The number of rotatable bonds is 5. The summed E-state index contributed by atoms with van der Waals surface area (Å²) in [5.74, 6) is 1.66. The van der Waals surface area contributed by atoms with Crippen LogP contribution in [0.4, 0.5) is 0 Å². The topological polar surface area (TPSA) is 50.7 Å². The second kappa shape index (κ2) is 6.67. The monoisotopic (exact) mass is 293 g/mol. The van der Waals surface area contributed by atoms with Crippen LogP contribution in [-0.4, -0.2) is 36.0 Å². The highest BCUT2D eigenvalue weighted by atomic mass is 16.5. The number of hydrogen-bond acceptors (Lipinski definition) is 4. The number of fused-ring (bicyclic) bond motifs is 1. The normalized spacial score (nSPS) is 19.6. The van der Waals surface area contributed by atoms with Crippen LogP contribution in [0.1, 0.15) is 39.7 Å². The number of ether oxygens (including phenoxy) is 2. The molecule has 0 saturated carbocycles. The molecule has 0 saturated heterocycles. The molecule has 2 N–H and O–H groups in total. The van der Waals surface area contributed by atoms with Crippen LogP contribution in [0, 0.1) is 0 Å². The summed E-state index contributed by atoms with van der Waals surface area (Å²) in [6.07, 6.45) is 1.84. The predicted octanol–water partition coefficient (Wildman–Crippen LogP) is 2.53. The molecule has 4 heteroatoms. The summed E-state index contributed by atoms with van der Waals surface area (Å²) in [7, 11) is 0. The van der Waals surface area contributed by atoms with E-state index in [2.05, 4.69) is 39.1 Å². The average Bonchev–Trinajstić information content (AvgIpc) is 2.41. The predicted molar refractivity (Wildman–Crippen MR) is 84.1 cm³/mol. The number of aliphatic hydroxyl groups is 1. The van der Waals surface area contributed by atoms with Gasteiger partial charge in [0.15, 0.2) is 0 Å². The molecule has 1 heterocycles. The highest BCUT2D eigenvalue weighted by Crippen LogP contribution is 2.31. The summed E-state index contributed by atoms with van der Waals surface area (Å²) in [6.45, 7) is 9.09. The fourth-order valence-electron chi connectivity index (χ4n) is 2.25. The molecule has 0 fully saturated rings. The van der Waals surface area contributed by atoms with E-state index in [9.17, 15) is 5.11 Å². The highest BCUT2D eigenvalue weighted by Gasteiger charge is 2.17. The van der Waals surface area contributed by atoms with Gasteiger partial charge in [-0.1, -0.05) is 6.07 Å². The summed E-state index contributed by atoms with van der Waals surface area (Å²) in [6, 6.07) is 5.92. The van der Waals surface area contributed by atoms with Crippen molar-refractivity contribution < 1.29 is 14.6 Å². The number of β-amino-alcohol motifs (C(OH)–C–C–N with tert-alkyl or cyclic N) is 1. The molecule has 0 spiro atoms. The maximum Gasteiger partial charge on any atom is 0.126 e. The van der Waals surface area contributed by atoms with Crippen LogP contribution in [0.15, 0.2) is 18.2 Å². The molecule has 1 aromatic rings. The van der Waals surface area contributed by atoms with Gasteiger partial charge in [-0.25, -0.2) is 0 Å². The Bertz CT molecular complexity index is 468. The number of nitrogens with one attached hydrogen (secondary N) is 1. The maximum atomic E-state index is 9.94. The van der Waals surface area contributed by atoms with Gasteiger partial charge >= 0.3 is 0 Å². The number of aliphatic hydroxyl groups excluding tert-OH is 1. The van der Waals surface area contributed by atoms with E-state index in [1.165, 1.54) is 5.56 Å². The van der Waals surface area contributed by atoms with Gasteiger partial charge in [0, 0.05) is 18.2 Å². The van der Waals surface area contributed by atoms with Gasteiger partial charge in [0.1, 0.15) is 24.2 Å². The van der Waals surface area contributed by atoms with Gasteiger partial charge in [-0.3, -0.25) is 0 Å². The Morgan fingerprint density at radius 1 is 1.43 bits per heavy atom. The number of aryl methyl sites for hydroxylation is 1. The summed E-state index contributed by atoms with van der Waals surface area (Å²) >= 11 is 0. The first-order chi connectivity index (χ1) is 9.83. The van der Waals surface area contributed by atoms with Crippen molar-refractivity contribution in [1.29, 1.82) is 0 Å². The second-order valence-corrected chi connectivity index (χ2v) is 6.83. The number of hydrogen-bond donors (Lipinski definition) is 2. The highest BCUT2D eigenvalue weighted by molar-refractivity contribution is 5.42. The largest absolute Gasteiger partial charge is 0.491 e. The first-order valence-electron chi connectivity index (χ1n) is 7.69. The van der Waals surface area contributed by atoms with Gasteiger partial charge in [-0.15, -0.1) is 0 Å². The van der Waals surface area contributed by atoms with Crippen molar-refractivity contribution in [3.05, 3.63) is 23.8 Å². The minimum atomic E-state index is -0.528. The molecule has 0 amide bonds. The lowest BCUT2D eigenvalue weighted by atomic mass is 10.0. The van der Waals surface area contributed by atoms with E-state index in [1.54, 1.807) is 0 Å². The second-order valence-electron chi connectivity index (χ2n) is 6.83. The van der Waals surface area contributed by atoms with E-state index in [0.29, 0.717) is 6.54 Å². The van der Waals surface area contributed by atoms with Gasteiger partial charge < -0.3 is 19.9 Å². The Labute approximate surface area is 127 Å². The third-order valence-electron chi connectivity index (χ3n) is 3.50. The van der Waals surface area contributed by atoms with Crippen LogP contribution < -0.4 is 14.8 Å². The molecule has 2 atom stereocenters. The van der Waals surface area contributed by atoms with E-state index in [1.807, 2.05) is 12.1 Å². The molecule has 0 aromatic heterocycles. The van der Waals surface area contributed by atoms with Crippen molar-refractivity contribution in [2.45, 2.75) is 58.3 Å². The van der Waals surface area contributed by atoms with E-state index >= 15 is 0 Å². The summed E-state index contributed by atoms with van der Waals surface area (Å²) in [4.78, 5) is 0. The lowest BCUT2D eigenvalue weighted by Crippen LogP contribution is -2.42. The SMILES string of the molecule is CC1CCc2ccc(OCC(O)CNC(C)(C)C)cc2O1. The minimum absolute atomic E-state index is 0.00320. The standard InChI is InChI=1S/C17H27NO3/c1-12-5-6-13-7-8-15(9-16(13)21-12)20-11-14(19)10-18-17(2,3)4/h7-9,12,14,18-19H,5-6,10-11H2,1-4H3. The van der Waals surface area contributed by atoms with Crippen molar-refractivity contribution in [3.63, 3.8) is 0 Å². The van der Waals surface area contributed by atoms with Crippen molar-refractivity contribution in [2.24, 2.45) is 0 Å². The van der Waals surface area contributed by atoms with Crippen molar-refractivity contribution in [3.8, 4) is 11.5 Å². The zero-order valence-electron chi connectivity index (χ0n) is 13.5. The van der Waals surface area contributed by atoms with Crippen LogP contribution in [0.25, 0.3) is 0 Å². The van der Waals surface area contributed by atoms with Gasteiger partial charge in [0.2, 0.25) is 0 Å². The molecule has 118 valence electrons. The molecular formula is C17H27NO3. The fraction of sp³-hybridized carbons (Fsp3) is 0.647. The lowest BCUT2D eigenvalue weighted by molar-refractivity contribution is 0.0996. The third kappa shape index (κ3) is 5.21. The Hall–Kier alpha value is -1.26.